The lowest BCUT2D eigenvalue weighted by atomic mass is 10.0. The fourth-order valence-electron chi connectivity index (χ4n) is 8.62. The van der Waals surface area contributed by atoms with Crippen LogP contribution in [-0.4, -0.2) is 24.1 Å². The summed E-state index contributed by atoms with van der Waals surface area (Å²) in [6, 6.07) is 65.6. The molecule has 0 N–H and O–H groups in total. The van der Waals surface area contributed by atoms with Gasteiger partial charge < -0.3 is 8.98 Å². The molecule has 0 amide bonds. The molecule has 0 saturated carbocycles. The molecule has 0 aliphatic heterocycles. The summed E-state index contributed by atoms with van der Waals surface area (Å²) in [6.07, 6.45) is 0. The predicted molar refractivity (Wildman–Crippen MR) is 232 cm³/mol. The Kier molecular flexibility index (Phi) is 6.83. The predicted octanol–water partition coefficient (Wildman–Crippen LogP) is 13.0. The van der Waals surface area contributed by atoms with Crippen molar-refractivity contribution in [3.63, 3.8) is 0 Å². The molecule has 0 aliphatic carbocycles. The first-order chi connectivity index (χ1) is 28.3. The van der Waals surface area contributed by atoms with Crippen LogP contribution in [0.2, 0.25) is 0 Å². The first kappa shape index (κ1) is 31.5. The number of fused-ring (bicyclic) bond motifs is 9. The molecule has 6 heteroatoms. The van der Waals surface area contributed by atoms with Gasteiger partial charge in [0.15, 0.2) is 11.6 Å². The molecule has 4 heterocycles. The van der Waals surface area contributed by atoms with Crippen molar-refractivity contribution in [3.8, 4) is 45.5 Å². The summed E-state index contributed by atoms with van der Waals surface area (Å²) in [5.41, 5.74) is 11.1. The van der Waals surface area contributed by atoms with Crippen LogP contribution in [0.5, 0.6) is 0 Å². The Balaban J connectivity index is 1.16. The van der Waals surface area contributed by atoms with E-state index in [1.54, 1.807) is 0 Å². The summed E-state index contributed by atoms with van der Waals surface area (Å²) in [4.78, 5) is 15.6. The van der Waals surface area contributed by atoms with Gasteiger partial charge in [0.1, 0.15) is 11.2 Å². The lowest BCUT2D eigenvalue weighted by Gasteiger charge is -2.12. The van der Waals surface area contributed by atoms with Crippen LogP contribution in [0.25, 0.3) is 111 Å². The largest absolute Gasteiger partial charge is 0.456 e. The van der Waals surface area contributed by atoms with Gasteiger partial charge in [-0.1, -0.05) is 146 Å². The number of rotatable bonds is 5. The maximum atomic E-state index is 6.42. The Bertz CT molecular complexity index is 3470. The van der Waals surface area contributed by atoms with Crippen LogP contribution >= 0.6 is 0 Å². The van der Waals surface area contributed by atoms with Crippen LogP contribution in [0, 0.1) is 0 Å². The molecule has 12 rings (SSSR count). The third-order valence-electron chi connectivity index (χ3n) is 11.2. The quantitative estimate of drug-likeness (QED) is 0.177. The lowest BCUT2D eigenvalue weighted by Crippen LogP contribution is -2.06. The first-order valence-corrected chi connectivity index (χ1v) is 19.1. The van der Waals surface area contributed by atoms with E-state index in [4.69, 9.17) is 19.4 Å². The maximum absolute atomic E-state index is 6.42. The highest BCUT2D eigenvalue weighted by atomic mass is 16.3. The summed E-state index contributed by atoms with van der Waals surface area (Å²) >= 11 is 0. The Hall–Kier alpha value is -7.83. The molecule has 57 heavy (non-hydrogen) atoms. The van der Waals surface area contributed by atoms with E-state index in [1.807, 2.05) is 30.3 Å². The van der Waals surface area contributed by atoms with Gasteiger partial charge in [-0.2, -0.15) is 9.97 Å². The third-order valence-corrected chi connectivity index (χ3v) is 11.2. The Morgan fingerprint density at radius 1 is 0.333 bits per heavy atom. The number of nitrogens with zero attached hydrogens (tertiary/aromatic N) is 5. The van der Waals surface area contributed by atoms with Gasteiger partial charge in [-0.15, -0.1) is 0 Å². The molecule has 12 aromatic rings. The van der Waals surface area contributed by atoms with E-state index in [9.17, 15) is 0 Å². The van der Waals surface area contributed by atoms with Crippen molar-refractivity contribution in [2.75, 3.05) is 0 Å². The Morgan fingerprint density at radius 2 is 0.860 bits per heavy atom. The molecule has 0 unspecified atom stereocenters. The van der Waals surface area contributed by atoms with Gasteiger partial charge in [0.05, 0.1) is 33.1 Å². The highest BCUT2D eigenvalue weighted by molar-refractivity contribution is 6.15. The maximum Gasteiger partial charge on any atom is 0.238 e. The van der Waals surface area contributed by atoms with Crippen molar-refractivity contribution in [1.82, 2.24) is 24.1 Å². The standard InChI is InChI=1S/C51H31N5O/c1-3-14-32(15-4-1)34-26-28-38-39-29-27-35(31-45(39)55(44(38)30-34)43-23-13-25-47-48(43)40-20-9-12-24-46(40)57-47)50-52-49(33-16-5-2-6-17-33)53-51(54-50)56-41-21-10-7-18-36(41)37-19-8-11-22-42(37)56/h1-31H. The van der Waals surface area contributed by atoms with Gasteiger partial charge in [0.25, 0.3) is 0 Å². The zero-order valence-electron chi connectivity index (χ0n) is 30.5. The van der Waals surface area contributed by atoms with Gasteiger partial charge >= 0.3 is 0 Å². The van der Waals surface area contributed by atoms with Crippen LogP contribution < -0.4 is 0 Å². The number of furan rings is 1. The van der Waals surface area contributed by atoms with Crippen molar-refractivity contribution in [2.45, 2.75) is 0 Å². The molecule has 4 aromatic heterocycles. The fraction of sp³-hybridized carbons (Fsp3) is 0. The van der Waals surface area contributed by atoms with Crippen molar-refractivity contribution >= 4 is 65.6 Å². The van der Waals surface area contributed by atoms with Crippen LogP contribution in [-0.2, 0) is 0 Å². The SMILES string of the molecule is c1ccc(-c2ccc3c4ccc(-c5nc(-c6ccccc6)nc(-n6c7ccccc7c7ccccc76)n5)cc4n(-c4cccc5oc6ccccc6c45)c3c2)cc1. The molecule has 266 valence electrons. The summed E-state index contributed by atoms with van der Waals surface area (Å²) in [7, 11) is 0. The van der Waals surface area contributed by atoms with Gasteiger partial charge in [0.2, 0.25) is 5.95 Å². The van der Waals surface area contributed by atoms with Crippen LogP contribution in [0.3, 0.4) is 0 Å². The van der Waals surface area contributed by atoms with Crippen molar-refractivity contribution < 1.29 is 4.42 Å². The lowest BCUT2D eigenvalue weighted by molar-refractivity contribution is 0.669. The smallest absolute Gasteiger partial charge is 0.238 e. The normalized spacial score (nSPS) is 11.9. The minimum Gasteiger partial charge on any atom is -0.456 e. The second kappa shape index (κ2) is 12.3. The average Bonchev–Trinajstić information content (AvgIpc) is 3.94. The van der Waals surface area contributed by atoms with Gasteiger partial charge in [0, 0.05) is 38.1 Å². The second-order valence-electron chi connectivity index (χ2n) is 14.4. The van der Waals surface area contributed by atoms with E-state index in [-0.39, 0.29) is 0 Å². The zero-order valence-corrected chi connectivity index (χ0v) is 30.5. The van der Waals surface area contributed by atoms with E-state index in [1.165, 1.54) is 5.56 Å². The number of benzene rings is 8. The van der Waals surface area contributed by atoms with Crippen molar-refractivity contribution in [2.24, 2.45) is 0 Å². The molecule has 0 fully saturated rings. The molecular formula is C51H31N5O. The van der Waals surface area contributed by atoms with E-state index in [0.717, 1.165) is 87.9 Å². The fourth-order valence-corrected chi connectivity index (χ4v) is 8.62. The van der Waals surface area contributed by atoms with E-state index < -0.39 is 0 Å². The highest BCUT2D eigenvalue weighted by Crippen LogP contribution is 2.41. The van der Waals surface area contributed by atoms with Crippen LogP contribution in [0.4, 0.5) is 0 Å². The molecule has 0 atom stereocenters. The monoisotopic (exact) mass is 729 g/mol. The van der Waals surface area contributed by atoms with Crippen LogP contribution in [0.1, 0.15) is 0 Å². The zero-order chi connectivity index (χ0) is 37.5. The molecule has 0 aliphatic rings. The molecule has 0 spiro atoms. The van der Waals surface area contributed by atoms with Crippen molar-refractivity contribution in [3.05, 3.63) is 188 Å². The summed E-state index contributed by atoms with van der Waals surface area (Å²) in [6.45, 7) is 0. The minimum absolute atomic E-state index is 0.569. The Labute approximate surface area is 326 Å². The van der Waals surface area contributed by atoms with E-state index in [2.05, 4.69) is 167 Å². The first-order valence-electron chi connectivity index (χ1n) is 19.1. The second-order valence-corrected chi connectivity index (χ2v) is 14.4. The molecule has 6 nitrogen and oxygen atoms in total. The van der Waals surface area contributed by atoms with Crippen molar-refractivity contribution in [1.29, 1.82) is 0 Å². The average molecular weight is 730 g/mol. The van der Waals surface area contributed by atoms with Gasteiger partial charge in [-0.25, -0.2) is 4.98 Å². The summed E-state index contributed by atoms with van der Waals surface area (Å²) < 4.78 is 11.0. The summed E-state index contributed by atoms with van der Waals surface area (Å²) in [5, 5.41) is 6.75. The van der Waals surface area contributed by atoms with E-state index in [0.29, 0.717) is 17.6 Å². The van der Waals surface area contributed by atoms with Crippen LogP contribution in [0.15, 0.2) is 192 Å². The Morgan fingerprint density at radius 3 is 1.56 bits per heavy atom. The minimum atomic E-state index is 0.569. The molecule has 0 radical (unpaired) electrons. The molecule has 0 saturated heterocycles. The van der Waals surface area contributed by atoms with E-state index >= 15 is 0 Å². The number of para-hydroxylation sites is 3. The number of aromatic nitrogens is 5. The third kappa shape index (κ3) is 4.87. The number of hydrogen-bond donors (Lipinski definition) is 0. The molecule has 0 bridgehead atoms. The summed E-state index contributed by atoms with van der Waals surface area (Å²) in [5.74, 6) is 1.77. The van der Waals surface area contributed by atoms with Gasteiger partial charge in [-0.05, 0) is 53.6 Å². The molecular weight excluding hydrogens is 699 g/mol. The molecule has 8 aromatic carbocycles. The topological polar surface area (TPSA) is 61.7 Å². The number of hydrogen-bond acceptors (Lipinski definition) is 4. The van der Waals surface area contributed by atoms with Gasteiger partial charge in [-0.3, -0.25) is 4.57 Å². The highest BCUT2D eigenvalue weighted by Gasteiger charge is 2.21.